The number of methoxy groups -OCH3 is 2. The Balaban J connectivity index is 3.35. The molecule has 0 bridgehead atoms. The van der Waals surface area contributed by atoms with E-state index in [1.54, 1.807) is 14.2 Å². The Labute approximate surface area is 114 Å². The van der Waals surface area contributed by atoms with Gasteiger partial charge in [0.1, 0.15) is 11.5 Å². The second kappa shape index (κ2) is 6.75. The van der Waals surface area contributed by atoms with Crippen LogP contribution in [0.15, 0.2) is 12.1 Å². The maximum absolute atomic E-state index is 10.1. The van der Waals surface area contributed by atoms with Crippen LogP contribution in [-0.2, 0) is 0 Å². The molecule has 0 heterocycles. The third-order valence-corrected chi connectivity index (χ3v) is 3.29. The van der Waals surface area contributed by atoms with Crippen molar-refractivity contribution in [3.8, 4) is 11.5 Å². The van der Waals surface area contributed by atoms with E-state index in [0.29, 0.717) is 0 Å². The molecule has 3 N–H and O–H groups in total. The number of hydrogen-bond donors (Lipinski definition) is 2. The van der Waals surface area contributed by atoms with E-state index in [1.807, 2.05) is 38.1 Å². The number of likely N-dealkylation sites (N-methyl/N-ethyl adjacent to an activating group) is 1. The Morgan fingerprint density at radius 1 is 1.26 bits per heavy atom. The maximum atomic E-state index is 10.1. The van der Waals surface area contributed by atoms with Gasteiger partial charge in [0.05, 0.1) is 26.4 Å². The number of benzene rings is 1. The van der Waals surface area contributed by atoms with Crippen molar-refractivity contribution in [2.24, 2.45) is 5.73 Å². The molecule has 2 unspecified atom stereocenters. The standard InChI is InChI=1S/C14H24N2O3/c1-9-12(18-4)7-6-10(14(9)19-5)13(16(2)3)11(17)8-15/h6-7,11,13,17H,8,15H2,1-5H3. The fourth-order valence-corrected chi connectivity index (χ4v) is 2.38. The Morgan fingerprint density at radius 2 is 1.89 bits per heavy atom. The summed E-state index contributed by atoms with van der Waals surface area (Å²) in [7, 11) is 7.05. The molecule has 1 aromatic rings. The van der Waals surface area contributed by atoms with Gasteiger partial charge in [-0.15, -0.1) is 0 Å². The lowest BCUT2D eigenvalue weighted by Gasteiger charge is -2.30. The number of rotatable bonds is 6. The van der Waals surface area contributed by atoms with Crippen LogP contribution in [0, 0.1) is 6.92 Å². The van der Waals surface area contributed by atoms with Gasteiger partial charge in [0.15, 0.2) is 0 Å². The molecule has 0 aliphatic heterocycles. The average Bonchev–Trinajstić information content (AvgIpc) is 2.38. The van der Waals surface area contributed by atoms with Crippen LogP contribution >= 0.6 is 0 Å². The van der Waals surface area contributed by atoms with Crippen molar-refractivity contribution in [2.75, 3.05) is 34.9 Å². The lowest BCUT2D eigenvalue weighted by molar-refractivity contribution is 0.0807. The Morgan fingerprint density at radius 3 is 2.32 bits per heavy atom. The monoisotopic (exact) mass is 268 g/mol. The summed E-state index contributed by atoms with van der Waals surface area (Å²) in [6.45, 7) is 2.12. The zero-order valence-electron chi connectivity index (χ0n) is 12.3. The van der Waals surface area contributed by atoms with Gasteiger partial charge in [-0.05, 0) is 33.2 Å². The summed E-state index contributed by atoms with van der Waals surface area (Å²) in [5.74, 6) is 1.49. The van der Waals surface area contributed by atoms with E-state index < -0.39 is 6.10 Å². The van der Waals surface area contributed by atoms with Gasteiger partial charge in [0, 0.05) is 17.7 Å². The first-order valence-electron chi connectivity index (χ1n) is 6.23. The molecule has 0 spiro atoms. The van der Waals surface area contributed by atoms with E-state index in [4.69, 9.17) is 15.2 Å². The minimum Gasteiger partial charge on any atom is -0.496 e. The summed E-state index contributed by atoms with van der Waals surface area (Å²) in [5, 5.41) is 10.1. The van der Waals surface area contributed by atoms with Crippen molar-refractivity contribution in [1.29, 1.82) is 0 Å². The number of aliphatic hydroxyl groups is 1. The van der Waals surface area contributed by atoms with Crippen molar-refractivity contribution in [1.82, 2.24) is 4.90 Å². The molecule has 1 aromatic carbocycles. The molecule has 5 heteroatoms. The molecule has 0 fully saturated rings. The Kier molecular flexibility index (Phi) is 5.60. The van der Waals surface area contributed by atoms with E-state index in [-0.39, 0.29) is 12.6 Å². The summed E-state index contributed by atoms with van der Waals surface area (Å²) < 4.78 is 10.8. The van der Waals surface area contributed by atoms with Crippen molar-refractivity contribution >= 4 is 0 Å². The van der Waals surface area contributed by atoms with Crippen molar-refractivity contribution < 1.29 is 14.6 Å². The van der Waals surface area contributed by atoms with Crippen molar-refractivity contribution in [3.63, 3.8) is 0 Å². The van der Waals surface area contributed by atoms with Crippen LogP contribution in [0.4, 0.5) is 0 Å². The van der Waals surface area contributed by atoms with Crippen LogP contribution < -0.4 is 15.2 Å². The predicted octanol–water partition coefficient (Wildman–Crippen LogP) is 0.935. The molecule has 0 radical (unpaired) electrons. The predicted molar refractivity (Wildman–Crippen MR) is 75.8 cm³/mol. The number of aliphatic hydroxyl groups excluding tert-OH is 1. The van der Waals surface area contributed by atoms with Gasteiger partial charge in [-0.2, -0.15) is 0 Å². The van der Waals surface area contributed by atoms with Gasteiger partial charge >= 0.3 is 0 Å². The fraction of sp³-hybridized carbons (Fsp3) is 0.571. The minimum atomic E-state index is -0.656. The van der Waals surface area contributed by atoms with Crippen molar-refractivity contribution in [2.45, 2.75) is 19.1 Å². The SMILES string of the molecule is COc1ccc(C(C(O)CN)N(C)C)c(OC)c1C. The summed E-state index contributed by atoms with van der Waals surface area (Å²) in [6, 6.07) is 3.57. The molecular formula is C14H24N2O3. The highest BCUT2D eigenvalue weighted by molar-refractivity contribution is 5.50. The second-order valence-electron chi connectivity index (χ2n) is 4.73. The number of hydrogen-bond acceptors (Lipinski definition) is 5. The van der Waals surface area contributed by atoms with Gasteiger partial charge in [0.25, 0.3) is 0 Å². The molecule has 2 atom stereocenters. The van der Waals surface area contributed by atoms with Crippen LogP contribution in [0.5, 0.6) is 11.5 Å². The number of nitrogens with zero attached hydrogens (tertiary/aromatic N) is 1. The molecule has 0 saturated carbocycles. The third kappa shape index (κ3) is 3.18. The van der Waals surface area contributed by atoms with Crippen LogP contribution in [0.25, 0.3) is 0 Å². The first kappa shape index (κ1) is 15.8. The van der Waals surface area contributed by atoms with Crippen molar-refractivity contribution in [3.05, 3.63) is 23.3 Å². The zero-order valence-corrected chi connectivity index (χ0v) is 12.3. The quantitative estimate of drug-likeness (QED) is 0.803. The topological polar surface area (TPSA) is 68.0 Å². The van der Waals surface area contributed by atoms with Gasteiger partial charge < -0.3 is 20.3 Å². The largest absolute Gasteiger partial charge is 0.496 e. The van der Waals surface area contributed by atoms with Gasteiger partial charge in [-0.3, -0.25) is 4.90 Å². The average molecular weight is 268 g/mol. The van der Waals surface area contributed by atoms with Gasteiger partial charge in [0.2, 0.25) is 0 Å². The molecule has 0 aliphatic carbocycles. The minimum absolute atomic E-state index is 0.192. The highest BCUT2D eigenvalue weighted by atomic mass is 16.5. The molecular weight excluding hydrogens is 244 g/mol. The van der Waals surface area contributed by atoms with E-state index in [1.165, 1.54) is 0 Å². The first-order valence-corrected chi connectivity index (χ1v) is 6.23. The zero-order chi connectivity index (χ0) is 14.6. The number of nitrogens with two attached hydrogens (primary N) is 1. The Hall–Kier alpha value is -1.30. The summed E-state index contributed by atoms with van der Waals surface area (Å²) in [4.78, 5) is 1.93. The van der Waals surface area contributed by atoms with Crippen LogP contribution in [0.1, 0.15) is 17.2 Å². The Bertz CT molecular complexity index is 421. The van der Waals surface area contributed by atoms with E-state index in [2.05, 4.69) is 0 Å². The second-order valence-corrected chi connectivity index (χ2v) is 4.73. The molecule has 108 valence electrons. The maximum Gasteiger partial charge on any atom is 0.130 e. The van der Waals surface area contributed by atoms with E-state index in [9.17, 15) is 5.11 Å². The lowest BCUT2D eigenvalue weighted by atomic mass is 9.96. The van der Waals surface area contributed by atoms with Gasteiger partial charge in [-0.1, -0.05) is 0 Å². The molecule has 0 aromatic heterocycles. The van der Waals surface area contributed by atoms with E-state index >= 15 is 0 Å². The highest BCUT2D eigenvalue weighted by Crippen LogP contribution is 2.37. The lowest BCUT2D eigenvalue weighted by Crippen LogP contribution is -2.36. The van der Waals surface area contributed by atoms with Crippen LogP contribution in [0.3, 0.4) is 0 Å². The summed E-state index contributed by atoms with van der Waals surface area (Å²) >= 11 is 0. The highest BCUT2D eigenvalue weighted by Gasteiger charge is 2.27. The first-order chi connectivity index (χ1) is 8.97. The third-order valence-electron chi connectivity index (χ3n) is 3.29. The van der Waals surface area contributed by atoms with Crippen LogP contribution in [-0.4, -0.2) is 51.0 Å². The smallest absolute Gasteiger partial charge is 0.130 e. The molecule has 0 saturated heterocycles. The molecule has 19 heavy (non-hydrogen) atoms. The van der Waals surface area contributed by atoms with Crippen LogP contribution in [0.2, 0.25) is 0 Å². The number of ether oxygens (including phenoxy) is 2. The molecule has 0 amide bonds. The normalized spacial score (nSPS) is 14.3. The summed E-state index contributed by atoms with van der Waals surface area (Å²) in [5.41, 5.74) is 7.41. The molecule has 0 aliphatic rings. The van der Waals surface area contributed by atoms with Gasteiger partial charge in [-0.25, -0.2) is 0 Å². The molecule has 1 rings (SSSR count). The fourth-order valence-electron chi connectivity index (χ4n) is 2.38. The summed E-state index contributed by atoms with van der Waals surface area (Å²) in [6.07, 6.45) is -0.656. The molecule has 5 nitrogen and oxygen atoms in total. The van der Waals surface area contributed by atoms with E-state index in [0.717, 1.165) is 22.6 Å².